The third kappa shape index (κ3) is 4.03. The molecule has 0 heterocycles. The molecule has 2 rings (SSSR count). The van der Waals surface area contributed by atoms with Gasteiger partial charge in [-0.15, -0.1) is 0 Å². The maximum absolute atomic E-state index is 12.2. The third-order valence-electron chi connectivity index (χ3n) is 3.35. The predicted octanol–water partition coefficient (Wildman–Crippen LogP) is 3.53. The Kier molecular flexibility index (Phi) is 5.25. The molecule has 0 amide bonds. The molecule has 0 aliphatic carbocycles. The summed E-state index contributed by atoms with van der Waals surface area (Å²) in [6.45, 7) is 1.87. The zero-order valence-electron chi connectivity index (χ0n) is 13.3. The van der Waals surface area contributed by atoms with Crippen LogP contribution in [0.2, 0.25) is 0 Å². The lowest BCUT2D eigenvalue weighted by atomic mass is 10.1. The second kappa shape index (κ2) is 7.35. The van der Waals surface area contributed by atoms with Crippen molar-refractivity contribution in [3.8, 4) is 17.2 Å². The Morgan fingerprint density at radius 3 is 2.48 bits per heavy atom. The monoisotopic (exact) mass is 313 g/mol. The molecule has 0 aromatic heterocycles. The van der Waals surface area contributed by atoms with Crippen LogP contribution in [0, 0.1) is 6.92 Å². The van der Waals surface area contributed by atoms with Gasteiger partial charge in [-0.1, -0.05) is 0 Å². The summed E-state index contributed by atoms with van der Waals surface area (Å²) in [4.78, 5) is 12.2. The number of phenols is 1. The number of aromatic hydroxyl groups is 1. The van der Waals surface area contributed by atoms with Crippen molar-refractivity contribution in [2.24, 2.45) is 0 Å². The molecule has 0 bridgehead atoms. The van der Waals surface area contributed by atoms with E-state index in [1.54, 1.807) is 49.7 Å². The topological polar surface area (TPSA) is 67.8 Å². The lowest BCUT2D eigenvalue weighted by Crippen LogP contribution is -1.99. The summed E-state index contributed by atoms with van der Waals surface area (Å²) in [5.74, 6) is 1.13. The maximum Gasteiger partial charge on any atom is 0.187 e. The number of phenolic OH excluding ortho intramolecular Hbond substituents is 1. The first-order chi connectivity index (χ1) is 11.0. The number of ether oxygens (including phenoxy) is 2. The number of methoxy groups -OCH3 is 2. The van der Waals surface area contributed by atoms with Gasteiger partial charge in [0, 0.05) is 23.5 Å². The first-order valence-corrected chi connectivity index (χ1v) is 7.04. The predicted molar refractivity (Wildman–Crippen MR) is 89.5 cm³/mol. The van der Waals surface area contributed by atoms with E-state index in [2.05, 4.69) is 5.32 Å². The summed E-state index contributed by atoms with van der Waals surface area (Å²) in [5, 5.41) is 12.4. The van der Waals surface area contributed by atoms with Crippen molar-refractivity contribution in [3.05, 3.63) is 59.8 Å². The molecule has 2 N–H and O–H groups in total. The van der Waals surface area contributed by atoms with Gasteiger partial charge in [-0.3, -0.25) is 4.79 Å². The molecule has 5 heteroatoms. The Balaban J connectivity index is 2.09. The second-order valence-corrected chi connectivity index (χ2v) is 4.91. The van der Waals surface area contributed by atoms with Gasteiger partial charge in [-0.2, -0.15) is 0 Å². The average Bonchev–Trinajstić information content (AvgIpc) is 2.56. The SMILES string of the molecule is COc1ccc(C(=O)/C=C/Nc2ccc(O)cc2C)cc1OC. The van der Waals surface area contributed by atoms with Crippen molar-refractivity contribution in [1.82, 2.24) is 0 Å². The summed E-state index contributed by atoms with van der Waals surface area (Å²) in [6.07, 6.45) is 3.01. The van der Waals surface area contributed by atoms with E-state index in [1.807, 2.05) is 6.92 Å². The van der Waals surface area contributed by atoms with Crippen LogP contribution < -0.4 is 14.8 Å². The Hall–Kier alpha value is -2.95. The van der Waals surface area contributed by atoms with Crippen LogP contribution in [0.15, 0.2) is 48.7 Å². The van der Waals surface area contributed by atoms with E-state index in [1.165, 1.54) is 13.2 Å². The molecular weight excluding hydrogens is 294 g/mol. The van der Waals surface area contributed by atoms with Crippen molar-refractivity contribution in [2.45, 2.75) is 6.92 Å². The molecule has 5 nitrogen and oxygen atoms in total. The highest BCUT2D eigenvalue weighted by Crippen LogP contribution is 2.27. The number of benzene rings is 2. The van der Waals surface area contributed by atoms with E-state index in [0.29, 0.717) is 17.1 Å². The summed E-state index contributed by atoms with van der Waals surface area (Å²) in [7, 11) is 3.07. The van der Waals surface area contributed by atoms with E-state index in [9.17, 15) is 9.90 Å². The van der Waals surface area contributed by atoms with Crippen molar-refractivity contribution in [1.29, 1.82) is 0 Å². The quantitative estimate of drug-likeness (QED) is 0.485. The van der Waals surface area contributed by atoms with Gasteiger partial charge in [0.15, 0.2) is 17.3 Å². The van der Waals surface area contributed by atoms with Crippen LogP contribution in [0.5, 0.6) is 17.2 Å². The van der Waals surface area contributed by atoms with Crippen LogP contribution in [-0.2, 0) is 0 Å². The molecule has 120 valence electrons. The number of ketones is 1. The van der Waals surface area contributed by atoms with E-state index in [4.69, 9.17) is 9.47 Å². The van der Waals surface area contributed by atoms with Crippen LogP contribution in [0.3, 0.4) is 0 Å². The van der Waals surface area contributed by atoms with Crippen LogP contribution in [0.25, 0.3) is 0 Å². The van der Waals surface area contributed by atoms with Gasteiger partial charge in [-0.05, 0) is 48.9 Å². The summed E-state index contributed by atoms with van der Waals surface area (Å²) >= 11 is 0. The molecule has 0 spiro atoms. The summed E-state index contributed by atoms with van der Waals surface area (Å²) in [5.41, 5.74) is 2.20. The Labute approximate surface area is 135 Å². The molecule has 0 unspecified atom stereocenters. The molecule has 0 saturated heterocycles. The molecule has 0 aliphatic rings. The van der Waals surface area contributed by atoms with Crippen molar-refractivity contribution < 1.29 is 19.4 Å². The van der Waals surface area contributed by atoms with E-state index >= 15 is 0 Å². The van der Waals surface area contributed by atoms with Crippen LogP contribution in [-0.4, -0.2) is 25.1 Å². The van der Waals surface area contributed by atoms with Gasteiger partial charge >= 0.3 is 0 Å². The molecule has 0 fully saturated rings. The fraction of sp³-hybridized carbons (Fsp3) is 0.167. The number of carbonyl (C=O) groups excluding carboxylic acids is 1. The number of anilines is 1. The molecule has 23 heavy (non-hydrogen) atoms. The molecule has 0 atom stereocenters. The zero-order valence-corrected chi connectivity index (χ0v) is 13.3. The highest BCUT2D eigenvalue weighted by atomic mass is 16.5. The molecule has 0 aliphatic heterocycles. The van der Waals surface area contributed by atoms with Crippen molar-refractivity contribution in [2.75, 3.05) is 19.5 Å². The largest absolute Gasteiger partial charge is 0.508 e. The minimum Gasteiger partial charge on any atom is -0.508 e. The summed E-state index contributed by atoms with van der Waals surface area (Å²) in [6, 6.07) is 9.98. The second-order valence-electron chi connectivity index (χ2n) is 4.91. The molecular formula is C18H19NO4. The minimum atomic E-state index is -0.158. The fourth-order valence-corrected chi connectivity index (χ4v) is 2.10. The molecule has 2 aromatic carbocycles. The molecule has 2 aromatic rings. The molecule has 0 saturated carbocycles. The van der Waals surface area contributed by atoms with E-state index < -0.39 is 0 Å². The third-order valence-corrected chi connectivity index (χ3v) is 3.35. The zero-order chi connectivity index (χ0) is 16.8. The van der Waals surface area contributed by atoms with Gasteiger partial charge in [0.05, 0.1) is 14.2 Å². The van der Waals surface area contributed by atoms with Gasteiger partial charge in [-0.25, -0.2) is 0 Å². The number of allylic oxidation sites excluding steroid dienone is 1. The van der Waals surface area contributed by atoms with Crippen molar-refractivity contribution in [3.63, 3.8) is 0 Å². The standard InChI is InChI=1S/C18H19NO4/c1-12-10-14(20)5-6-15(12)19-9-8-16(21)13-4-7-17(22-2)18(11-13)23-3/h4-11,19-20H,1-3H3/b9-8+. The number of aryl methyl sites for hydroxylation is 1. The lowest BCUT2D eigenvalue weighted by Gasteiger charge is -2.08. The van der Waals surface area contributed by atoms with Gasteiger partial charge in [0.1, 0.15) is 5.75 Å². The average molecular weight is 313 g/mol. The van der Waals surface area contributed by atoms with E-state index in [-0.39, 0.29) is 11.5 Å². The highest BCUT2D eigenvalue weighted by molar-refractivity contribution is 6.05. The smallest absolute Gasteiger partial charge is 0.187 e. The van der Waals surface area contributed by atoms with Crippen LogP contribution >= 0.6 is 0 Å². The Bertz CT molecular complexity index is 738. The van der Waals surface area contributed by atoms with Gasteiger partial charge < -0.3 is 19.9 Å². The number of carbonyl (C=O) groups is 1. The summed E-state index contributed by atoms with van der Waals surface area (Å²) < 4.78 is 10.3. The van der Waals surface area contributed by atoms with Crippen molar-refractivity contribution >= 4 is 11.5 Å². The lowest BCUT2D eigenvalue weighted by molar-refractivity contribution is 0.104. The van der Waals surface area contributed by atoms with Crippen LogP contribution in [0.1, 0.15) is 15.9 Å². The Morgan fingerprint density at radius 2 is 1.83 bits per heavy atom. The number of rotatable bonds is 6. The number of nitrogens with one attached hydrogen (secondary N) is 1. The maximum atomic E-state index is 12.2. The Morgan fingerprint density at radius 1 is 1.09 bits per heavy atom. The first-order valence-electron chi connectivity index (χ1n) is 7.04. The number of hydrogen-bond acceptors (Lipinski definition) is 5. The highest BCUT2D eigenvalue weighted by Gasteiger charge is 2.08. The normalized spacial score (nSPS) is 10.6. The fourth-order valence-electron chi connectivity index (χ4n) is 2.10. The molecule has 0 radical (unpaired) electrons. The van der Waals surface area contributed by atoms with Gasteiger partial charge in [0.25, 0.3) is 0 Å². The van der Waals surface area contributed by atoms with Gasteiger partial charge in [0.2, 0.25) is 0 Å². The van der Waals surface area contributed by atoms with Crippen LogP contribution in [0.4, 0.5) is 5.69 Å². The van der Waals surface area contributed by atoms with E-state index in [0.717, 1.165) is 11.3 Å². The first kappa shape index (κ1) is 16.4. The number of hydrogen-bond donors (Lipinski definition) is 2. The minimum absolute atomic E-state index is 0.158.